The summed E-state index contributed by atoms with van der Waals surface area (Å²) in [5, 5.41) is 16.4. The first kappa shape index (κ1) is 15.0. The summed E-state index contributed by atoms with van der Waals surface area (Å²) < 4.78 is 0. The molecule has 0 unspecified atom stereocenters. The monoisotopic (exact) mass is 330 g/mol. The second-order valence-corrected chi connectivity index (χ2v) is 5.78. The molecule has 2 aromatic carbocycles. The molecule has 0 atom stereocenters. The van der Waals surface area contributed by atoms with Crippen LogP contribution in [0.1, 0.15) is 5.56 Å². The Morgan fingerprint density at radius 1 is 1.00 bits per heavy atom. The Hall–Kier alpha value is -3.54. The zero-order valence-electron chi connectivity index (χ0n) is 13.4. The number of fused-ring (bicyclic) bond motifs is 2. The van der Waals surface area contributed by atoms with Crippen LogP contribution in [0.3, 0.4) is 0 Å². The number of hydrogen-bond acceptors (Lipinski definition) is 5. The second kappa shape index (κ2) is 5.83. The smallest absolute Gasteiger partial charge is 0.311 e. The van der Waals surface area contributed by atoms with Crippen LogP contribution in [0.2, 0.25) is 0 Å². The van der Waals surface area contributed by atoms with E-state index in [0.29, 0.717) is 0 Å². The van der Waals surface area contributed by atoms with Gasteiger partial charge in [0, 0.05) is 23.0 Å². The third kappa shape index (κ3) is 2.63. The van der Waals surface area contributed by atoms with Crippen molar-refractivity contribution < 1.29 is 4.92 Å². The molecule has 0 bridgehead atoms. The standard InChI is InChI=1S/C19H14N4O2/c1-12-10-17(23(24)25)19(20-11-12)22-18-13-6-2-4-8-15(13)21-16-9-5-3-7-14(16)18/h2-11H,1H3,(H,20,21,22). The van der Waals surface area contributed by atoms with Crippen molar-refractivity contribution in [3.63, 3.8) is 0 Å². The van der Waals surface area contributed by atoms with Crippen molar-refractivity contribution in [3.05, 3.63) is 76.5 Å². The molecule has 6 heteroatoms. The lowest BCUT2D eigenvalue weighted by Gasteiger charge is -2.13. The number of benzene rings is 2. The van der Waals surface area contributed by atoms with Crippen LogP contribution in [0, 0.1) is 17.0 Å². The summed E-state index contributed by atoms with van der Waals surface area (Å²) in [7, 11) is 0. The first-order valence-electron chi connectivity index (χ1n) is 7.79. The van der Waals surface area contributed by atoms with E-state index in [-0.39, 0.29) is 11.5 Å². The number of anilines is 2. The van der Waals surface area contributed by atoms with Gasteiger partial charge in [-0.05, 0) is 24.6 Å². The molecule has 2 aromatic heterocycles. The highest BCUT2D eigenvalue weighted by molar-refractivity contribution is 6.08. The second-order valence-electron chi connectivity index (χ2n) is 5.78. The van der Waals surface area contributed by atoms with Gasteiger partial charge in [0.15, 0.2) is 0 Å². The third-order valence-electron chi connectivity index (χ3n) is 4.03. The van der Waals surface area contributed by atoms with Crippen LogP contribution in [-0.2, 0) is 0 Å². The summed E-state index contributed by atoms with van der Waals surface area (Å²) in [4.78, 5) is 19.9. The molecule has 4 aromatic rings. The van der Waals surface area contributed by atoms with Crippen LogP contribution in [0.15, 0.2) is 60.8 Å². The topological polar surface area (TPSA) is 81.0 Å². The molecule has 122 valence electrons. The van der Waals surface area contributed by atoms with Crippen molar-refractivity contribution in [1.82, 2.24) is 9.97 Å². The highest BCUT2D eigenvalue weighted by Crippen LogP contribution is 2.34. The van der Waals surface area contributed by atoms with Gasteiger partial charge in [-0.1, -0.05) is 36.4 Å². The van der Waals surface area contributed by atoms with Crippen molar-refractivity contribution in [1.29, 1.82) is 0 Å². The molecule has 25 heavy (non-hydrogen) atoms. The molecule has 4 rings (SSSR count). The van der Waals surface area contributed by atoms with Gasteiger partial charge in [-0.2, -0.15) is 0 Å². The number of para-hydroxylation sites is 2. The molecule has 0 amide bonds. The van der Waals surface area contributed by atoms with Crippen LogP contribution in [0.25, 0.3) is 21.8 Å². The number of rotatable bonds is 3. The van der Waals surface area contributed by atoms with Gasteiger partial charge in [-0.15, -0.1) is 0 Å². The van der Waals surface area contributed by atoms with Gasteiger partial charge in [0.05, 0.1) is 21.6 Å². The SMILES string of the molecule is Cc1cnc(Nc2c3ccccc3nc3ccccc23)c([N+](=O)[O-])c1. The molecule has 0 saturated carbocycles. The Balaban J connectivity index is 1.99. The van der Waals surface area contributed by atoms with Crippen molar-refractivity contribution in [3.8, 4) is 0 Å². The van der Waals surface area contributed by atoms with Crippen molar-refractivity contribution in [2.75, 3.05) is 5.32 Å². The van der Waals surface area contributed by atoms with E-state index in [0.717, 1.165) is 33.1 Å². The van der Waals surface area contributed by atoms with Gasteiger partial charge in [-0.3, -0.25) is 10.1 Å². The number of aryl methyl sites for hydroxylation is 1. The Bertz CT molecular complexity index is 1070. The van der Waals surface area contributed by atoms with E-state index in [4.69, 9.17) is 0 Å². The highest BCUT2D eigenvalue weighted by atomic mass is 16.6. The largest absolute Gasteiger partial charge is 0.333 e. The van der Waals surface area contributed by atoms with Crippen molar-refractivity contribution >= 4 is 39.0 Å². The fourth-order valence-corrected chi connectivity index (χ4v) is 2.88. The van der Waals surface area contributed by atoms with Crippen molar-refractivity contribution in [2.24, 2.45) is 0 Å². The van der Waals surface area contributed by atoms with E-state index in [1.165, 1.54) is 6.07 Å². The summed E-state index contributed by atoms with van der Waals surface area (Å²) in [6, 6.07) is 16.9. The van der Waals surface area contributed by atoms with Gasteiger partial charge in [0.25, 0.3) is 0 Å². The summed E-state index contributed by atoms with van der Waals surface area (Å²) in [5.74, 6) is 0.220. The van der Waals surface area contributed by atoms with Gasteiger partial charge in [-0.25, -0.2) is 9.97 Å². The van der Waals surface area contributed by atoms with Gasteiger partial charge in [0.1, 0.15) is 0 Å². The molecule has 0 saturated heterocycles. The lowest BCUT2D eigenvalue weighted by atomic mass is 10.1. The van der Waals surface area contributed by atoms with Crippen LogP contribution >= 0.6 is 0 Å². The number of nitrogens with zero attached hydrogens (tertiary/aromatic N) is 3. The number of nitro groups is 1. The predicted molar refractivity (Wildman–Crippen MR) is 98.2 cm³/mol. The molecular formula is C19H14N4O2. The van der Waals surface area contributed by atoms with Crippen LogP contribution in [0.4, 0.5) is 17.2 Å². The minimum atomic E-state index is -0.423. The number of hydrogen-bond donors (Lipinski definition) is 1. The van der Waals surface area contributed by atoms with Crippen molar-refractivity contribution in [2.45, 2.75) is 6.92 Å². The van der Waals surface area contributed by atoms with E-state index in [2.05, 4.69) is 15.3 Å². The lowest BCUT2D eigenvalue weighted by molar-refractivity contribution is -0.384. The van der Waals surface area contributed by atoms with Gasteiger partial charge >= 0.3 is 5.69 Å². The Kier molecular flexibility index (Phi) is 3.50. The number of aromatic nitrogens is 2. The summed E-state index contributed by atoms with van der Waals surface area (Å²) >= 11 is 0. The van der Waals surface area contributed by atoms with E-state index in [1.807, 2.05) is 48.5 Å². The predicted octanol–water partition coefficient (Wildman–Crippen LogP) is 4.74. The molecule has 2 heterocycles. The summed E-state index contributed by atoms with van der Waals surface area (Å²) in [5.41, 5.74) is 3.09. The molecular weight excluding hydrogens is 316 g/mol. The van der Waals surface area contributed by atoms with Gasteiger partial charge in [0.2, 0.25) is 5.82 Å². The zero-order valence-corrected chi connectivity index (χ0v) is 13.4. The summed E-state index contributed by atoms with van der Waals surface area (Å²) in [6.07, 6.45) is 1.61. The van der Waals surface area contributed by atoms with E-state index >= 15 is 0 Å². The molecule has 0 fully saturated rings. The molecule has 0 aliphatic heterocycles. The van der Waals surface area contributed by atoms with E-state index < -0.39 is 4.92 Å². The van der Waals surface area contributed by atoms with Gasteiger partial charge < -0.3 is 5.32 Å². The molecule has 0 radical (unpaired) electrons. The van der Waals surface area contributed by atoms with Crippen LogP contribution < -0.4 is 5.32 Å². The Morgan fingerprint density at radius 3 is 2.20 bits per heavy atom. The first-order valence-corrected chi connectivity index (χ1v) is 7.79. The number of pyridine rings is 2. The maximum absolute atomic E-state index is 11.4. The quantitative estimate of drug-likeness (QED) is 0.333. The Morgan fingerprint density at radius 2 is 1.60 bits per heavy atom. The van der Waals surface area contributed by atoms with Crippen LogP contribution in [0.5, 0.6) is 0 Å². The molecule has 0 aliphatic rings. The lowest BCUT2D eigenvalue weighted by Crippen LogP contribution is -2.02. The van der Waals surface area contributed by atoms with E-state index in [9.17, 15) is 10.1 Å². The fraction of sp³-hybridized carbons (Fsp3) is 0.0526. The maximum atomic E-state index is 11.4. The number of nitrogens with one attached hydrogen (secondary N) is 1. The fourth-order valence-electron chi connectivity index (χ4n) is 2.88. The normalized spacial score (nSPS) is 10.9. The molecule has 0 spiro atoms. The van der Waals surface area contributed by atoms with E-state index in [1.54, 1.807) is 13.1 Å². The minimum absolute atomic E-state index is 0.0509. The summed E-state index contributed by atoms with van der Waals surface area (Å²) in [6.45, 7) is 1.78. The molecule has 0 aliphatic carbocycles. The third-order valence-corrected chi connectivity index (χ3v) is 4.03. The minimum Gasteiger partial charge on any atom is -0.333 e. The Labute approximate surface area is 143 Å². The highest BCUT2D eigenvalue weighted by Gasteiger charge is 2.18. The maximum Gasteiger partial charge on any atom is 0.311 e. The molecule has 1 N–H and O–H groups in total. The molecule has 6 nitrogen and oxygen atoms in total. The average molecular weight is 330 g/mol. The zero-order chi connectivity index (χ0) is 17.4. The first-order chi connectivity index (χ1) is 12.1. The van der Waals surface area contributed by atoms with Crippen LogP contribution in [-0.4, -0.2) is 14.9 Å². The average Bonchev–Trinajstić information content (AvgIpc) is 2.62.